The van der Waals surface area contributed by atoms with Crippen LogP contribution in [0.25, 0.3) is 0 Å². The number of nitrogens with zero attached hydrogens (tertiary/aromatic N) is 2. The predicted octanol–water partition coefficient (Wildman–Crippen LogP) is -0.996. The number of hydrogen-bond donors (Lipinski definition) is 2. The quantitative estimate of drug-likeness (QED) is 0.721. The first-order chi connectivity index (χ1) is 8.70. The van der Waals surface area contributed by atoms with Gasteiger partial charge >= 0.3 is 5.69 Å². The van der Waals surface area contributed by atoms with Crippen molar-refractivity contribution in [2.24, 2.45) is 0 Å². The summed E-state index contributed by atoms with van der Waals surface area (Å²) in [6, 6.07) is 0. The molecule has 0 atom stereocenters. The molecule has 0 amide bonds. The summed E-state index contributed by atoms with van der Waals surface area (Å²) in [6.07, 6.45) is 2.33. The van der Waals surface area contributed by atoms with E-state index >= 15 is 0 Å². The molecule has 2 rings (SSSR count). The smallest absolute Gasteiger partial charge is 0.314 e. The molecule has 0 aliphatic carbocycles. The van der Waals surface area contributed by atoms with Crippen molar-refractivity contribution < 1.29 is 0 Å². The minimum absolute atomic E-state index is 0.263. The van der Waals surface area contributed by atoms with Crippen LogP contribution in [0.5, 0.6) is 0 Å². The van der Waals surface area contributed by atoms with E-state index in [4.69, 9.17) is 0 Å². The molecule has 6 nitrogen and oxygen atoms in total. The maximum Gasteiger partial charge on any atom is 0.328 e. The van der Waals surface area contributed by atoms with Crippen LogP contribution in [0.2, 0.25) is 0 Å². The molecule has 1 aliphatic rings. The Bertz CT molecular complexity index is 500. The minimum Gasteiger partial charge on any atom is -0.314 e. The molecule has 18 heavy (non-hydrogen) atoms. The number of piperazine rings is 1. The third-order valence-corrected chi connectivity index (χ3v) is 3.33. The highest BCUT2D eigenvalue weighted by Gasteiger charge is 2.10. The summed E-state index contributed by atoms with van der Waals surface area (Å²) in [6.45, 7) is 7.41. The van der Waals surface area contributed by atoms with E-state index in [0.717, 1.165) is 32.7 Å². The fourth-order valence-electron chi connectivity index (χ4n) is 2.16. The van der Waals surface area contributed by atoms with Gasteiger partial charge in [0.1, 0.15) is 0 Å². The van der Waals surface area contributed by atoms with Crippen molar-refractivity contribution in [3.05, 3.63) is 32.6 Å². The normalized spacial score (nSPS) is 16.9. The van der Waals surface area contributed by atoms with Crippen LogP contribution in [0, 0.1) is 0 Å². The molecule has 0 saturated carbocycles. The molecule has 1 aromatic rings. The fourth-order valence-corrected chi connectivity index (χ4v) is 2.16. The lowest BCUT2D eigenvalue weighted by atomic mass is 10.2. The van der Waals surface area contributed by atoms with Crippen LogP contribution in [-0.2, 0) is 13.0 Å². The Labute approximate surface area is 106 Å². The summed E-state index contributed by atoms with van der Waals surface area (Å²) >= 11 is 0. The van der Waals surface area contributed by atoms with E-state index in [1.165, 1.54) is 0 Å². The molecule has 2 N–H and O–H groups in total. The van der Waals surface area contributed by atoms with Crippen LogP contribution in [0.1, 0.15) is 12.5 Å². The third kappa shape index (κ3) is 3.08. The molecule has 1 aliphatic heterocycles. The van der Waals surface area contributed by atoms with Crippen molar-refractivity contribution in [1.29, 1.82) is 0 Å². The zero-order chi connectivity index (χ0) is 13.0. The Morgan fingerprint density at radius 1 is 1.22 bits per heavy atom. The fraction of sp³-hybridized carbons (Fsp3) is 0.667. The summed E-state index contributed by atoms with van der Waals surface area (Å²) in [5.74, 6) is 0. The molecule has 2 heterocycles. The zero-order valence-corrected chi connectivity index (χ0v) is 10.7. The van der Waals surface area contributed by atoms with Crippen molar-refractivity contribution in [2.45, 2.75) is 19.9 Å². The van der Waals surface area contributed by atoms with E-state index in [-0.39, 0.29) is 11.2 Å². The molecule has 100 valence electrons. The van der Waals surface area contributed by atoms with Crippen molar-refractivity contribution in [3.63, 3.8) is 0 Å². The standard InChI is InChI=1S/C12H20N4O2/c1-2-10-9-16(12(18)14-11(10)17)8-7-15-5-3-13-4-6-15/h9,13H,2-8H2,1H3,(H,14,17,18). The largest absolute Gasteiger partial charge is 0.328 e. The summed E-state index contributed by atoms with van der Waals surface area (Å²) < 4.78 is 1.60. The monoisotopic (exact) mass is 252 g/mol. The zero-order valence-electron chi connectivity index (χ0n) is 10.7. The van der Waals surface area contributed by atoms with Gasteiger partial charge in [0.15, 0.2) is 0 Å². The van der Waals surface area contributed by atoms with Gasteiger partial charge in [-0.1, -0.05) is 6.92 Å². The molecule has 0 spiro atoms. The van der Waals surface area contributed by atoms with Gasteiger partial charge in [0.2, 0.25) is 0 Å². The van der Waals surface area contributed by atoms with Crippen LogP contribution in [0.15, 0.2) is 15.8 Å². The van der Waals surface area contributed by atoms with Crippen LogP contribution < -0.4 is 16.6 Å². The van der Waals surface area contributed by atoms with Gasteiger partial charge in [0.25, 0.3) is 5.56 Å². The molecule has 0 aromatic carbocycles. The molecule has 0 bridgehead atoms. The Morgan fingerprint density at radius 3 is 2.61 bits per heavy atom. The Morgan fingerprint density at radius 2 is 1.94 bits per heavy atom. The van der Waals surface area contributed by atoms with Gasteiger partial charge in [0.05, 0.1) is 0 Å². The van der Waals surface area contributed by atoms with Crippen molar-refractivity contribution in [2.75, 3.05) is 32.7 Å². The SMILES string of the molecule is CCc1cn(CCN2CCNCC2)c(=O)[nH]c1=O. The Kier molecular flexibility index (Phi) is 4.33. The lowest BCUT2D eigenvalue weighted by Crippen LogP contribution is -2.45. The van der Waals surface area contributed by atoms with Crippen molar-refractivity contribution >= 4 is 0 Å². The average molecular weight is 252 g/mol. The van der Waals surface area contributed by atoms with E-state index in [9.17, 15) is 9.59 Å². The Hall–Kier alpha value is -1.40. The summed E-state index contributed by atoms with van der Waals surface area (Å²) in [5.41, 5.74) is 0.0863. The molecule has 1 fully saturated rings. The topological polar surface area (TPSA) is 70.1 Å². The first kappa shape index (κ1) is 13.0. The van der Waals surface area contributed by atoms with Crippen LogP contribution >= 0.6 is 0 Å². The summed E-state index contributed by atoms with van der Waals surface area (Å²) in [4.78, 5) is 27.8. The van der Waals surface area contributed by atoms with Crippen molar-refractivity contribution in [1.82, 2.24) is 19.8 Å². The third-order valence-electron chi connectivity index (χ3n) is 3.33. The number of hydrogen-bond acceptors (Lipinski definition) is 4. The Balaban J connectivity index is 2.04. The van der Waals surface area contributed by atoms with Gasteiger partial charge in [-0.15, -0.1) is 0 Å². The highest BCUT2D eigenvalue weighted by molar-refractivity contribution is 5.03. The van der Waals surface area contributed by atoms with Gasteiger partial charge in [0, 0.05) is 51.0 Å². The van der Waals surface area contributed by atoms with E-state index in [1.807, 2.05) is 6.92 Å². The average Bonchev–Trinajstić information content (AvgIpc) is 2.39. The number of aryl methyl sites for hydroxylation is 1. The molecule has 0 radical (unpaired) electrons. The summed E-state index contributed by atoms with van der Waals surface area (Å²) in [7, 11) is 0. The predicted molar refractivity (Wildman–Crippen MR) is 70.0 cm³/mol. The van der Waals surface area contributed by atoms with Gasteiger partial charge in [-0.3, -0.25) is 19.2 Å². The molecular formula is C12H20N4O2. The lowest BCUT2D eigenvalue weighted by Gasteiger charge is -2.27. The van der Waals surface area contributed by atoms with Gasteiger partial charge in [-0.25, -0.2) is 4.79 Å². The van der Waals surface area contributed by atoms with E-state index in [0.29, 0.717) is 18.5 Å². The van der Waals surface area contributed by atoms with E-state index < -0.39 is 0 Å². The molecule has 1 saturated heterocycles. The maximum atomic E-state index is 11.7. The van der Waals surface area contributed by atoms with Gasteiger partial charge < -0.3 is 5.32 Å². The number of aromatic amines is 1. The number of H-pyrrole nitrogens is 1. The van der Waals surface area contributed by atoms with Crippen LogP contribution in [-0.4, -0.2) is 47.2 Å². The molecule has 0 unspecified atom stereocenters. The second-order valence-electron chi connectivity index (χ2n) is 4.55. The van der Waals surface area contributed by atoms with E-state index in [2.05, 4.69) is 15.2 Å². The second-order valence-corrected chi connectivity index (χ2v) is 4.55. The lowest BCUT2D eigenvalue weighted by molar-refractivity contribution is 0.231. The number of nitrogens with one attached hydrogen (secondary N) is 2. The number of rotatable bonds is 4. The minimum atomic E-state index is -0.313. The first-order valence-electron chi connectivity index (χ1n) is 6.46. The highest BCUT2D eigenvalue weighted by atomic mass is 16.2. The highest BCUT2D eigenvalue weighted by Crippen LogP contribution is 1.94. The number of aromatic nitrogens is 2. The van der Waals surface area contributed by atoms with Crippen molar-refractivity contribution in [3.8, 4) is 0 Å². The van der Waals surface area contributed by atoms with Crippen LogP contribution in [0.4, 0.5) is 0 Å². The summed E-state index contributed by atoms with van der Waals surface area (Å²) in [5, 5.41) is 3.29. The molecule has 6 heteroatoms. The molecular weight excluding hydrogens is 232 g/mol. The van der Waals surface area contributed by atoms with Gasteiger partial charge in [-0.2, -0.15) is 0 Å². The first-order valence-corrected chi connectivity index (χ1v) is 6.46. The van der Waals surface area contributed by atoms with Crippen LogP contribution in [0.3, 0.4) is 0 Å². The second kappa shape index (κ2) is 5.97. The van der Waals surface area contributed by atoms with Gasteiger partial charge in [-0.05, 0) is 6.42 Å². The maximum absolute atomic E-state index is 11.7. The van der Waals surface area contributed by atoms with E-state index in [1.54, 1.807) is 10.8 Å². The molecule has 1 aromatic heterocycles.